The molecule has 0 aliphatic carbocycles. The van der Waals surface area contributed by atoms with E-state index in [0.29, 0.717) is 52.5 Å². The van der Waals surface area contributed by atoms with Crippen molar-refractivity contribution in [1.29, 1.82) is 0 Å². The van der Waals surface area contributed by atoms with Gasteiger partial charge in [-0.25, -0.2) is 9.97 Å². The van der Waals surface area contributed by atoms with E-state index in [0.717, 1.165) is 21.4 Å². The second-order valence-corrected chi connectivity index (χ2v) is 12.3. The molecule has 246 valence electrons. The van der Waals surface area contributed by atoms with Gasteiger partial charge in [0.2, 0.25) is 0 Å². The molecule has 0 radical (unpaired) electrons. The molecule has 13 nitrogen and oxygen atoms in total. The highest BCUT2D eigenvalue weighted by atomic mass is 16.6. The van der Waals surface area contributed by atoms with Gasteiger partial charge in [-0.3, -0.25) is 39.1 Å². The Bertz CT molecular complexity index is 2210. The third kappa shape index (κ3) is 5.48. The van der Waals surface area contributed by atoms with E-state index in [9.17, 15) is 29.3 Å². The molecule has 1 aromatic heterocycles. The number of hydrogen-bond acceptors (Lipinski definition) is 10. The van der Waals surface area contributed by atoms with Gasteiger partial charge in [0, 0.05) is 95.8 Å². The van der Waals surface area contributed by atoms with E-state index < -0.39 is 28.8 Å². The quantitative estimate of drug-likeness (QED) is 0.0909. The molecule has 2 atom stereocenters. The Hall–Kier alpha value is -5.92. The van der Waals surface area contributed by atoms with Crippen LogP contribution in [-0.2, 0) is 0 Å². The summed E-state index contributed by atoms with van der Waals surface area (Å²) in [4.78, 5) is 75.7. The lowest BCUT2D eigenvalue weighted by atomic mass is 9.90. The summed E-state index contributed by atoms with van der Waals surface area (Å²) in [6, 6.07) is 15.7. The highest BCUT2D eigenvalue weighted by Gasteiger charge is 2.38. The molecule has 0 spiro atoms. The van der Waals surface area contributed by atoms with Crippen LogP contribution >= 0.6 is 0 Å². The van der Waals surface area contributed by atoms with Gasteiger partial charge in [-0.2, -0.15) is 0 Å². The average Bonchev–Trinajstić information content (AvgIpc) is 3.10. The predicted molar refractivity (Wildman–Crippen MR) is 181 cm³/mol. The maximum absolute atomic E-state index is 13.8. The molecule has 49 heavy (non-hydrogen) atoms. The fraction of sp³-hybridized carbons (Fsp3) is 0.222. The summed E-state index contributed by atoms with van der Waals surface area (Å²) >= 11 is 0. The smallest absolute Gasteiger partial charge is 0.270 e. The van der Waals surface area contributed by atoms with Crippen LogP contribution in [-0.4, -0.2) is 86.6 Å². The van der Waals surface area contributed by atoms with Crippen molar-refractivity contribution in [3.63, 3.8) is 0 Å². The molecule has 1 unspecified atom stereocenters. The van der Waals surface area contributed by atoms with E-state index in [4.69, 9.17) is 0 Å². The Morgan fingerprint density at radius 2 is 1.16 bits per heavy atom. The molecular formula is C36H31N7O6. The Kier molecular flexibility index (Phi) is 8.14. The van der Waals surface area contributed by atoms with Crippen LogP contribution in [0, 0.1) is 10.1 Å². The molecule has 2 N–H and O–H groups in total. The minimum atomic E-state index is -0.573. The van der Waals surface area contributed by atoms with Crippen LogP contribution in [0.5, 0.6) is 0 Å². The standard InChI is InChI=1S/C36H31N7O6/c1-20(41-33(44)27-7-3-5-22-11-24(25-17-39-19-40-18-25)13-29(31(22)27)35(41)46)15-37-9-10-38-16-21(2)42-34(45)28-8-4-6-23-12-26(43(48)49)14-30(32(23)28)36(42)47/h3-8,11-14,17-21,37-38H,9-10,15-16H2,1-2H3/t20-,21?/m0/s1. The van der Waals surface area contributed by atoms with Crippen LogP contribution < -0.4 is 10.6 Å². The second kappa shape index (κ2) is 12.6. The molecule has 0 fully saturated rings. The van der Waals surface area contributed by atoms with E-state index >= 15 is 0 Å². The summed E-state index contributed by atoms with van der Waals surface area (Å²) < 4.78 is 0. The predicted octanol–water partition coefficient (Wildman–Crippen LogP) is 4.21. The SMILES string of the molecule is CC(CNCCNC[C@H](C)N1C(=O)c2cccc3cc(-c4cncnc4)cc(c23)C1=O)N1C(=O)c2cccc3cc([N+](=O)[O-])cc(c23)C1=O. The lowest BCUT2D eigenvalue weighted by Gasteiger charge is -2.32. The number of carbonyl (C=O) groups is 4. The van der Waals surface area contributed by atoms with Crippen molar-refractivity contribution in [2.45, 2.75) is 25.9 Å². The highest BCUT2D eigenvalue weighted by Crippen LogP contribution is 2.36. The van der Waals surface area contributed by atoms with Gasteiger partial charge < -0.3 is 10.6 Å². The van der Waals surface area contributed by atoms with Gasteiger partial charge in [0.1, 0.15) is 6.33 Å². The number of nitrogens with zero attached hydrogens (tertiary/aromatic N) is 5. The maximum atomic E-state index is 13.8. The van der Waals surface area contributed by atoms with Crippen molar-refractivity contribution in [1.82, 2.24) is 30.4 Å². The van der Waals surface area contributed by atoms with E-state index in [-0.39, 0.29) is 29.6 Å². The monoisotopic (exact) mass is 657 g/mol. The zero-order valence-electron chi connectivity index (χ0n) is 26.7. The van der Waals surface area contributed by atoms with Crippen LogP contribution in [0.2, 0.25) is 0 Å². The molecule has 4 aromatic carbocycles. The Morgan fingerprint density at radius 3 is 1.69 bits per heavy atom. The number of benzene rings is 4. The van der Waals surface area contributed by atoms with Crippen LogP contribution in [0.25, 0.3) is 32.7 Å². The van der Waals surface area contributed by atoms with E-state index in [2.05, 4.69) is 20.6 Å². The van der Waals surface area contributed by atoms with Crippen LogP contribution in [0.15, 0.2) is 79.4 Å². The van der Waals surface area contributed by atoms with Crippen molar-refractivity contribution < 1.29 is 24.1 Å². The van der Waals surface area contributed by atoms with Crippen LogP contribution in [0.1, 0.15) is 55.3 Å². The first kappa shape index (κ1) is 31.7. The maximum Gasteiger partial charge on any atom is 0.270 e. The van der Waals surface area contributed by atoms with E-state index in [1.807, 2.05) is 25.1 Å². The number of nitrogens with one attached hydrogen (secondary N) is 2. The van der Waals surface area contributed by atoms with Gasteiger partial charge in [0.15, 0.2) is 0 Å². The fourth-order valence-electron chi connectivity index (χ4n) is 6.74. The fourth-order valence-corrected chi connectivity index (χ4v) is 6.74. The van der Waals surface area contributed by atoms with Gasteiger partial charge in [0.25, 0.3) is 29.3 Å². The van der Waals surface area contributed by atoms with Crippen molar-refractivity contribution in [3.8, 4) is 11.1 Å². The zero-order chi connectivity index (χ0) is 34.4. The van der Waals surface area contributed by atoms with Gasteiger partial charge in [-0.15, -0.1) is 0 Å². The normalized spacial score (nSPS) is 15.3. The van der Waals surface area contributed by atoms with Crippen molar-refractivity contribution in [2.75, 3.05) is 26.2 Å². The molecule has 5 aromatic rings. The molecule has 2 aliphatic rings. The summed E-state index contributed by atoms with van der Waals surface area (Å²) in [5.41, 5.74) is 2.71. The first-order valence-corrected chi connectivity index (χ1v) is 15.9. The molecule has 0 saturated carbocycles. The van der Waals surface area contributed by atoms with E-state index in [1.165, 1.54) is 23.4 Å². The largest absolute Gasteiger partial charge is 0.313 e. The average molecular weight is 658 g/mol. The van der Waals surface area contributed by atoms with Crippen LogP contribution in [0.3, 0.4) is 0 Å². The first-order chi connectivity index (χ1) is 23.7. The number of carbonyl (C=O) groups excluding carboxylic acids is 4. The molecule has 2 aliphatic heterocycles. The molecule has 0 saturated heterocycles. The first-order valence-electron chi connectivity index (χ1n) is 15.9. The van der Waals surface area contributed by atoms with E-state index in [1.54, 1.807) is 49.6 Å². The minimum Gasteiger partial charge on any atom is -0.313 e. The Labute approximate surface area is 280 Å². The van der Waals surface area contributed by atoms with Gasteiger partial charge in [-0.05, 0) is 54.4 Å². The highest BCUT2D eigenvalue weighted by molar-refractivity contribution is 6.27. The number of non-ortho nitro benzene ring substituents is 1. The van der Waals surface area contributed by atoms with Crippen molar-refractivity contribution in [3.05, 3.63) is 112 Å². The molecule has 0 bridgehead atoms. The number of aromatic nitrogens is 2. The summed E-state index contributed by atoms with van der Waals surface area (Å²) in [7, 11) is 0. The number of nitro groups is 1. The number of imide groups is 2. The third-order valence-electron chi connectivity index (χ3n) is 9.08. The van der Waals surface area contributed by atoms with Crippen molar-refractivity contribution >= 4 is 50.9 Å². The Morgan fingerprint density at radius 1 is 0.673 bits per heavy atom. The number of amides is 4. The third-order valence-corrected chi connectivity index (χ3v) is 9.08. The van der Waals surface area contributed by atoms with Crippen LogP contribution in [0.4, 0.5) is 5.69 Å². The number of rotatable bonds is 11. The molecular weight excluding hydrogens is 626 g/mol. The van der Waals surface area contributed by atoms with Gasteiger partial charge >= 0.3 is 0 Å². The molecule has 3 heterocycles. The summed E-state index contributed by atoms with van der Waals surface area (Å²) in [5, 5.41) is 20.4. The summed E-state index contributed by atoms with van der Waals surface area (Å²) in [5.74, 6) is -1.74. The van der Waals surface area contributed by atoms with Gasteiger partial charge in [-0.1, -0.05) is 24.3 Å². The molecule has 4 amide bonds. The molecule has 13 heteroatoms. The lowest BCUT2D eigenvalue weighted by Crippen LogP contribution is -2.51. The zero-order valence-corrected chi connectivity index (χ0v) is 26.7. The summed E-state index contributed by atoms with van der Waals surface area (Å²) in [6.07, 6.45) is 4.80. The van der Waals surface area contributed by atoms with Crippen molar-refractivity contribution in [2.24, 2.45) is 0 Å². The second-order valence-electron chi connectivity index (χ2n) is 12.3. The molecule has 7 rings (SSSR count). The summed E-state index contributed by atoms with van der Waals surface area (Å²) in [6.45, 7) is 5.13. The topological polar surface area (TPSA) is 168 Å². The Balaban J connectivity index is 0.971. The number of nitro benzene ring substituents is 1. The lowest BCUT2D eigenvalue weighted by molar-refractivity contribution is -0.384. The number of hydrogen-bond donors (Lipinski definition) is 2. The van der Waals surface area contributed by atoms with Gasteiger partial charge in [0.05, 0.1) is 10.5 Å². The minimum absolute atomic E-state index is 0.132.